The van der Waals surface area contributed by atoms with Crippen molar-refractivity contribution >= 4 is 10.0 Å². The summed E-state index contributed by atoms with van der Waals surface area (Å²) in [4.78, 5) is 0. The van der Waals surface area contributed by atoms with Crippen molar-refractivity contribution in [2.75, 3.05) is 25.7 Å². The van der Waals surface area contributed by atoms with Crippen LogP contribution in [0, 0.1) is 5.82 Å². The highest BCUT2D eigenvalue weighted by atomic mass is 32.2. The Balaban J connectivity index is 1.39. The topological polar surface area (TPSA) is 65.1 Å². The van der Waals surface area contributed by atoms with E-state index in [9.17, 15) is 12.8 Å². The number of sulfonamides is 1. The van der Waals surface area contributed by atoms with Crippen molar-refractivity contribution in [3.63, 3.8) is 0 Å². The van der Waals surface area contributed by atoms with Crippen LogP contribution in [0.3, 0.4) is 0 Å². The normalized spacial score (nSPS) is 16.3. The number of nitrogens with zero attached hydrogens (tertiary/aromatic N) is 1. The maximum absolute atomic E-state index is 12.9. The predicted octanol–water partition coefficient (Wildman–Crippen LogP) is 2.32. The molecule has 0 radical (unpaired) electrons. The van der Waals surface area contributed by atoms with Gasteiger partial charge < -0.3 is 14.2 Å². The van der Waals surface area contributed by atoms with E-state index in [1.165, 1.54) is 28.6 Å². The van der Waals surface area contributed by atoms with Crippen molar-refractivity contribution in [3.8, 4) is 17.2 Å². The molecule has 0 bridgehead atoms. The van der Waals surface area contributed by atoms with Crippen LogP contribution < -0.4 is 14.2 Å². The van der Waals surface area contributed by atoms with Crippen LogP contribution in [0.15, 0.2) is 36.4 Å². The number of rotatable bonds is 5. The third-order valence-corrected chi connectivity index (χ3v) is 6.27. The molecule has 4 rings (SSSR count). The average molecular weight is 379 g/mol. The number of benzene rings is 2. The van der Waals surface area contributed by atoms with E-state index in [1.54, 1.807) is 0 Å². The molecule has 8 heteroatoms. The summed E-state index contributed by atoms with van der Waals surface area (Å²) in [5, 5.41) is 0. The van der Waals surface area contributed by atoms with E-state index in [0.29, 0.717) is 36.8 Å². The van der Waals surface area contributed by atoms with Crippen LogP contribution in [0.25, 0.3) is 0 Å². The molecule has 2 aliphatic heterocycles. The van der Waals surface area contributed by atoms with E-state index in [4.69, 9.17) is 14.2 Å². The zero-order valence-corrected chi connectivity index (χ0v) is 14.8. The summed E-state index contributed by atoms with van der Waals surface area (Å²) in [5.74, 6) is 1.32. The molecule has 0 spiro atoms. The van der Waals surface area contributed by atoms with E-state index >= 15 is 0 Å². The molecular formula is C18H18FNO5S. The van der Waals surface area contributed by atoms with Gasteiger partial charge in [0.25, 0.3) is 0 Å². The van der Waals surface area contributed by atoms with E-state index in [2.05, 4.69) is 0 Å². The second kappa shape index (κ2) is 6.77. The minimum Gasteiger partial charge on any atom is -0.492 e. The molecule has 26 heavy (non-hydrogen) atoms. The maximum Gasteiger partial charge on any atom is 0.231 e. The van der Waals surface area contributed by atoms with E-state index in [-0.39, 0.29) is 25.0 Å². The fourth-order valence-corrected chi connectivity index (χ4v) is 4.34. The molecular weight excluding hydrogens is 361 g/mol. The van der Waals surface area contributed by atoms with Gasteiger partial charge in [0.15, 0.2) is 11.5 Å². The van der Waals surface area contributed by atoms with E-state index in [1.807, 2.05) is 12.1 Å². The lowest BCUT2D eigenvalue weighted by Crippen LogP contribution is -2.38. The Hall–Kier alpha value is -2.32. The van der Waals surface area contributed by atoms with Gasteiger partial charge in [0.2, 0.25) is 16.8 Å². The molecule has 0 amide bonds. The monoisotopic (exact) mass is 379 g/mol. The van der Waals surface area contributed by atoms with Gasteiger partial charge in [0.05, 0.1) is 5.75 Å². The first kappa shape index (κ1) is 17.1. The lowest BCUT2D eigenvalue weighted by Gasteiger charge is -2.28. The molecule has 0 aromatic heterocycles. The van der Waals surface area contributed by atoms with Gasteiger partial charge in [-0.05, 0) is 53.9 Å². The highest BCUT2D eigenvalue weighted by Gasteiger charge is 2.28. The zero-order chi connectivity index (χ0) is 18.1. The molecule has 0 saturated carbocycles. The summed E-state index contributed by atoms with van der Waals surface area (Å²) in [7, 11) is -3.46. The first-order chi connectivity index (χ1) is 12.5. The van der Waals surface area contributed by atoms with Gasteiger partial charge in [-0.1, -0.05) is 0 Å². The van der Waals surface area contributed by atoms with Crippen molar-refractivity contribution in [2.24, 2.45) is 0 Å². The predicted molar refractivity (Wildman–Crippen MR) is 92.4 cm³/mol. The van der Waals surface area contributed by atoms with Gasteiger partial charge in [0, 0.05) is 13.1 Å². The summed E-state index contributed by atoms with van der Waals surface area (Å²) in [5.41, 5.74) is 2.02. The van der Waals surface area contributed by atoms with Crippen molar-refractivity contribution in [3.05, 3.63) is 53.3 Å². The average Bonchev–Trinajstić information content (AvgIpc) is 3.08. The van der Waals surface area contributed by atoms with Gasteiger partial charge in [-0.25, -0.2) is 12.8 Å². The smallest absolute Gasteiger partial charge is 0.231 e. The number of hydrogen-bond acceptors (Lipinski definition) is 5. The molecule has 0 N–H and O–H groups in total. The molecule has 2 aromatic carbocycles. The van der Waals surface area contributed by atoms with Crippen LogP contribution >= 0.6 is 0 Å². The molecule has 138 valence electrons. The molecule has 0 atom stereocenters. The molecule has 0 unspecified atom stereocenters. The SMILES string of the molecule is O=S(=O)(CCOc1ccc(F)cc1)N1CCc2cc3c(cc2C1)OCO3. The molecule has 2 aliphatic rings. The summed E-state index contributed by atoms with van der Waals surface area (Å²) in [6.07, 6.45) is 0.629. The van der Waals surface area contributed by atoms with Gasteiger partial charge in [-0.3, -0.25) is 0 Å². The maximum atomic E-state index is 12.9. The van der Waals surface area contributed by atoms with Crippen LogP contribution in [-0.2, 0) is 23.0 Å². The Kier molecular flexibility index (Phi) is 4.46. The number of halogens is 1. The highest BCUT2D eigenvalue weighted by molar-refractivity contribution is 7.89. The van der Waals surface area contributed by atoms with Crippen molar-refractivity contribution < 1.29 is 27.0 Å². The Labute approximate surface area is 151 Å². The molecule has 6 nitrogen and oxygen atoms in total. The Bertz CT molecular complexity index is 914. The first-order valence-corrected chi connectivity index (χ1v) is 9.90. The van der Waals surface area contributed by atoms with Gasteiger partial charge in [-0.2, -0.15) is 4.31 Å². The van der Waals surface area contributed by atoms with Crippen LogP contribution in [0.1, 0.15) is 11.1 Å². The zero-order valence-electron chi connectivity index (χ0n) is 14.0. The summed E-state index contributed by atoms with van der Waals surface area (Å²) in [6.45, 7) is 0.940. The van der Waals surface area contributed by atoms with Crippen LogP contribution in [0.2, 0.25) is 0 Å². The third kappa shape index (κ3) is 3.47. The number of hydrogen-bond donors (Lipinski definition) is 0. The number of fused-ring (bicyclic) bond motifs is 2. The van der Waals surface area contributed by atoms with Gasteiger partial charge >= 0.3 is 0 Å². The van der Waals surface area contributed by atoms with Crippen molar-refractivity contribution in [2.45, 2.75) is 13.0 Å². The Morgan fingerprint density at radius 1 is 1.08 bits per heavy atom. The molecule has 0 aliphatic carbocycles. The largest absolute Gasteiger partial charge is 0.492 e. The first-order valence-electron chi connectivity index (χ1n) is 8.29. The fraction of sp³-hybridized carbons (Fsp3) is 0.333. The Morgan fingerprint density at radius 3 is 2.50 bits per heavy atom. The van der Waals surface area contributed by atoms with Gasteiger partial charge in [0.1, 0.15) is 18.2 Å². The minimum atomic E-state index is -3.46. The van der Waals surface area contributed by atoms with Crippen LogP contribution in [0.4, 0.5) is 4.39 Å². The highest BCUT2D eigenvalue weighted by Crippen LogP contribution is 2.37. The minimum absolute atomic E-state index is 0.0124. The molecule has 2 heterocycles. The van der Waals surface area contributed by atoms with E-state index in [0.717, 1.165) is 11.1 Å². The molecule has 2 aromatic rings. The van der Waals surface area contributed by atoms with Gasteiger partial charge in [-0.15, -0.1) is 0 Å². The lowest BCUT2D eigenvalue weighted by atomic mass is 10.0. The summed E-state index contributed by atoms with van der Waals surface area (Å²) >= 11 is 0. The molecule has 0 saturated heterocycles. The fourth-order valence-electron chi connectivity index (χ4n) is 3.08. The quantitative estimate of drug-likeness (QED) is 0.798. The molecule has 0 fully saturated rings. The van der Waals surface area contributed by atoms with Crippen LogP contribution in [-0.4, -0.2) is 38.4 Å². The van der Waals surface area contributed by atoms with Crippen molar-refractivity contribution in [1.82, 2.24) is 4.31 Å². The van der Waals surface area contributed by atoms with Crippen molar-refractivity contribution in [1.29, 1.82) is 0 Å². The van der Waals surface area contributed by atoms with Crippen LogP contribution in [0.5, 0.6) is 17.2 Å². The van der Waals surface area contributed by atoms with E-state index < -0.39 is 10.0 Å². The summed E-state index contributed by atoms with van der Waals surface area (Å²) < 4.78 is 55.7. The Morgan fingerprint density at radius 2 is 1.77 bits per heavy atom. The lowest BCUT2D eigenvalue weighted by molar-refractivity contribution is 0.174. The number of ether oxygens (including phenoxy) is 3. The second-order valence-electron chi connectivity index (χ2n) is 6.18. The third-order valence-electron chi connectivity index (χ3n) is 4.49. The second-order valence-corrected chi connectivity index (χ2v) is 8.26. The summed E-state index contributed by atoms with van der Waals surface area (Å²) in [6, 6.07) is 9.28. The standard InChI is InChI=1S/C18H18FNO5S/c19-15-1-3-16(4-2-15)23-7-8-26(21,22)20-6-5-13-9-17-18(25-12-24-17)10-14(13)11-20/h1-4,9-10H,5-8,11-12H2.